The van der Waals surface area contributed by atoms with Crippen molar-refractivity contribution in [3.05, 3.63) is 24.3 Å². The number of amides is 2. The molecular formula is C10H13N3O3S. The maximum absolute atomic E-state index is 11.6. The highest BCUT2D eigenvalue weighted by Gasteiger charge is 2.20. The molecule has 0 radical (unpaired) electrons. The van der Waals surface area contributed by atoms with Crippen LogP contribution in [-0.4, -0.2) is 27.5 Å². The van der Waals surface area contributed by atoms with Crippen molar-refractivity contribution in [1.82, 2.24) is 5.32 Å². The number of urea groups is 1. The van der Waals surface area contributed by atoms with E-state index in [1.165, 1.54) is 17.0 Å². The van der Waals surface area contributed by atoms with E-state index in [2.05, 4.69) is 5.32 Å². The SMILES string of the molecule is NS(=O)(=O)c1cccc(N2CCCNC2=O)c1. The largest absolute Gasteiger partial charge is 0.338 e. The Morgan fingerprint density at radius 1 is 1.35 bits per heavy atom. The van der Waals surface area contributed by atoms with Crippen molar-refractivity contribution < 1.29 is 13.2 Å². The van der Waals surface area contributed by atoms with Gasteiger partial charge in [-0.2, -0.15) is 0 Å². The number of hydrogen-bond acceptors (Lipinski definition) is 3. The number of nitrogens with one attached hydrogen (secondary N) is 1. The fourth-order valence-electron chi connectivity index (χ4n) is 1.70. The molecule has 7 heteroatoms. The van der Waals surface area contributed by atoms with Gasteiger partial charge in [-0.3, -0.25) is 4.90 Å². The highest BCUT2D eigenvalue weighted by molar-refractivity contribution is 7.89. The summed E-state index contributed by atoms with van der Waals surface area (Å²) in [5.74, 6) is 0. The minimum absolute atomic E-state index is 0.00775. The summed E-state index contributed by atoms with van der Waals surface area (Å²) in [7, 11) is -3.74. The first-order valence-electron chi connectivity index (χ1n) is 5.17. The average Bonchev–Trinajstić information content (AvgIpc) is 2.29. The number of sulfonamides is 1. The first kappa shape index (κ1) is 11.9. The van der Waals surface area contributed by atoms with E-state index in [-0.39, 0.29) is 10.9 Å². The van der Waals surface area contributed by atoms with Crippen LogP contribution in [0.3, 0.4) is 0 Å². The second-order valence-corrected chi connectivity index (χ2v) is 5.34. The van der Waals surface area contributed by atoms with Gasteiger partial charge in [0.25, 0.3) is 0 Å². The van der Waals surface area contributed by atoms with Crippen LogP contribution in [0.5, 0.6) is 0 Å². The lowest BCUT2D eigenvalue weighted by molar-refractivity contribution is 0.243. The van der Waals surface area contributed by atoms with E-state index in [0.717, 1.165) is 6.42 Å². The smallest absolute Gasteiger partial charge is 0.321 e. The predicted molar refractivity (Wildman–Crippen MR) is 63.2 cm³/mol. The minimum atomic E-state index is -3.74. The number of carbonyl (C=O) groups excluding carboxylic acids is 1. The van der Waals surface area contributed by atoms with Crippen LogP contribution in [0.1, 0.15) is 6.42 Å². The molecule has 6 nitrogen and oxygen atoms in total. The molecule has 1 aromatic carbocycles. The van der Waals surface area contributed by atoms with Crippen LogP contribution in [0.15, 0.2) is 29.2 Å². The average molecular weight is 255 g/mol. The van der Waals surface area contributed by atoms with Crippen LogP contribution in [-0.2, 0) is 10.0 Å². The second-order valence-electron chi connectivity index (χ2n) is 3.78. The summed E-state index contributed by atoms with van der Waals surface area (Å²) in [6, 6.07) is 5.83. The Morgan fingerprint density at radius 2 is 2.12 bits per heavy atom. The highest BCUT2D eigenvalue weighted by atomic mass is 32.2. The van der Waals surface area contributed by atoms with Crippen LogP contribution in [0.4, 0.5) is 10.5 Å². The van der Waals surface area contributed by atoms with Crippen LogP contribution in [0.2, 0.25) is 0 Å². The molecule has 92 valence electrons. The third-order valence-corrected chi connectivity index (χ3v) is 3.45. The number of primary sulfonamides is 1. The van der Waals surface area contributed by atoms with Crippen molar-refractivity contribution in [2.24, 2.45) is 5.14 Å². The van der Waals surface area contributed by atoms with Crippen molar-refractivity contribution in [3.63, 3.8) is 0 Å². The minimum Gasteiger partial charge on any atom is -0.338 e. The zero-order valence-corrected chi connectivity index (χ0v) is 9.90. The summed E-state index contributed by atoms with van der Waals surface area (Å²) < 4.78 is 22.4. The zero-order valence-electron chi connectivity index (χ0n) is 9.09. The number of anilines is 1. The molecule has 0 unspecified atom stereocenters. The Labute approximate surface area is 99.5 Å². The van der Waals surface area contributed by atoms with Gasteiger partial charge in [0, 0.05) is 18.8 Å². The Morgan fingerprint density at radius 3 is 2.76 bits per heavy atom. The third kappa shape index (κ3) is 2.56. The summed E-state index contributed by atoms with van der Waals surface area (Å²) in [5.41, 5.74) is 0.536. The summed E-state index contributed by atoms with van der Waals surface area (Å²) in [4.78, 5) is 13.1. The van der Waals surface area contributed by atoms with Gasteiger partial charge in [0.15, 0.2) is 0 Å². The van der Waals surface area contributed by atoms with Gasteiger partial charge in [0.05, 0.1) is 4.90 Å². The lowest BCUT2D eigenvalue weighted by Gasteiger charge is -2.27. The van der Waals surface area contributed by atoms with Crippen molar-refractivity contribution in [3.8, 4) is 0 Å². The summed E-state index contributed by atoms with van der Waals surface area (Å²) in [6.45, 7) is 1.21. The normalized spacial score (nSPS) is 16.8. The standard InChI is InChI=1S/C10H13N3O3S/c11-17(15,16)9-4-1-3-8(7-9)13-6-2-5-12-10(13)14/h1,3-4,7H,2,5-6H2,(H,12,14)(H2,11,15,16). The summed E-state index contributed by atoms with van der Waals surface area (Å²) in [5, 5.41) is 7.74. The molecule has 0 bridgehead atoms. The Balaban J connectivity index is 2.36. The number of hydrogen-bond donors (Lipinski definition) is 2. The number of nitrogens with two attached hydrogens (primary N) is 1. The zero-order chi connectivity index (χ0) is 12.5. The molecule has 17 heavy (non-hydrogen) atoms. The van der Waals surface area contributed by atoms with Crippen molar-refractivity contribution in [2.45, 2.75) is 11.3 Å². The summed E-state index contributed by atoms with van der Waals surface area (Å²) in [6.07, 6.45) is 0.825. The van der Waals surface area contributed by atoms with Crippen molar-refractivity contribution in [1.29, 1.82) is 0 Å². The second kappa shape index (κ2) is 4.34. The molecule has 0 aliphatic carbocycles. The molecule has 1 aliphatic rings. The number of rotatable bonds is 2. The van der Waals surface area contributed by atoms with Gasteiger partial charge in [0.1, 0.15) is 0 Å². The van der Waals surface area contributed by atoms with Crippen LogP contribution in [0, 0.1) is 0 Å². The molecule has 1 aromatic rings. The molecule has 3 N–H and O–H groups in total. The molecule has 1 fully saturated rings. The maximum Gasteiger partial charge on any atom is 0.321 e. The van der Waals surface area contributed by atoms with Gasteiger partial charge in [0.2, 0.25) is 10.0 Å². The molecule has 2 rings (SSSR count). The van der Waals surface area contributed by atoms with E-state index in [1.807, 2.05) is 0 Å². The molecule has 0 saturated carbocycles. The van der Waals surface area contributed by atoms with E-state index < -0.39 is 10.0 Å². The van der Waals surface area contributed by atoms with Crippen LogP contribution >= 0.6 is 0 Å². The van der Waals surface area contributed by atoms with E-state index in [4.69, 9.17) is 5.14 Å². The molecule has 1 aliphatic heterocycles. The van der Waals surface area contributed by atoms with Gasteiger partial charge < -0.3 is 5.32 Å². The topological polar surface area (TPSA) is 92.5 Å². The molecule has 1 saturated heterocycles. The quantitative estimate of drug-likeness (QED) is 0.793. The molecule has 0 spiro atoms. The monoisotopic (exact) mass is 255 g/mol. The number of nitrogens with zero attached hydrogens (tertiary/aromatic N) is 1. The summed E-state index contributed by atoms with van der Waals surface area (Å²) >= 11 is 0. The molecule has 0 atom stereocenters. The lowest BCUT2D eigenvalue weighted by atomic mass is 10.2. The Bertz CT molecular complexity index is 541. The lowest BCUT2D eigenvalue weighted by Crippen LogP contribution is -2.46. The fourth-order valence-corrected chi connectivity index (χ4v) is 2.26. The number of carbonyl (C=O) groups is 1. The number of benzene rings is 1. The molecule has 0 aromatic heterocycles. The first-order valence-corrected chi connectivity index (χ1v) is 6.71. The van der Waals surface area contributed by atoms with E-state index in [0.29, 0.717) is 18.8 Å². The first-order chi connectivity index (χ1) is 7.98. The van der Waals surface area contributed by atoms with Gasteiger partial charge in [-0.1, -0.05) is 6.07 Å². The highest BCUT2D eigenvalue weighted by Crippen LogP contribution is 2.20. The maximum atomic E-state index is 11.6. The van der Waals surface area contributed by atoms with Crippen LogP contribution < -0.4 is 15.4 Å². The van der Waals surface area contributed by atoms with Gasteiger partial charge in [-0.25, -0.2) is 18.4 Å². The predicted octanol–water partition coefficient (Wildman–Crippen LogP) is 0.254. The Kier molecular flexibility index (Phi) is 3.03. The van der Waals surface area contributed by atoms with Gasteiger partial charge >= 0.3 is 6.03 Å². The van der Waals surface area contributed by atoms with E-state index >= 15 is 0 Å². The van der Waals surface area contributed by atoms with Crippen molar-refractivity contribution >= 4 is 21.7 Å². The Hall–Kier alpha value is -1.60. The van der Waals surface area contributed by atoms with Gasteiger partial charge in [-0.15, -0.1) is 0 Å². The third-order valence-electron chi connectivity index (χ3n) is 2.54. The van der Waals surface area contributed by atoms with E-state index in [9.17, 15) is 13.2 Å². The molecule has 1 heterocycles. The molecule has 2 amide bonds. The molecular weight excluding hydrogens is 242 g/mol. The fraction of sp³-hybridized carbons (Fsp3) is 0.300. The van der Waals surface area contributed by atoms with Crippen molar-refractivity contribution in [2.75, 3.05) is 18.0 Å². The van der Waals surface area contributed by atoms with E-state index in [1.54, 1.807) is 12.1 Å². The van der Waals surface area contributed by atoms with Gasteiger partial charge in [-0.05, 0) is 24.6 Å². The van der Waals surface area contributed by atoms with Crippen LogP contribution in [0.25, 0.3) is 0 Å².